The number of esters is 1. The Labute approximate surface area is 143 Å². The molecule has 0 radical (unpaired) electrons. The summed E-state index contributed by atoms with van der Waals surface area (Å²) in [6.07, 6.45) is 0.770. The largest absolute Gasteiger partial charge is 0.469 e. The Morgan fingerprint density at radius 2 is 1.83 bits per heavy atom. The zero-order valence-corrected chi connectivity index (χ0v) is 14.8. The predicted molar refractivity (Wildman–Crippen MR) is 92.4 cm³/mol. The maximum absolute atomic E-state index is 11.8. The molecule has 0 spiro atoms. The van der Waals surface area contributed by atoms with Crippen molar-refractivity contribution in [1.82, 2.24) is 4.98 Å². The number of aliphatic hydroxyl groups excluding tert-OH is 1. The van der Waals surface area contributed by atoms with Crippen LogP contribution < -0.4 is 5.32 Å². The fourth-order valence-electron chi connectivity index (χ4n) is 2.16. The molecule has 0 fully saturated rings. The normalized spacial score (nSPS) is 12.6. The average Bonchev–Trinajstić information content (AvgIpc) is 2.56. The number of pyridine rings is 1. The van der Waals surface area contributed by atoms with E-state index in [2.05, 4.69) is 26.2 Å². The van der Waals surface area contributed by atoms with E-state index in [1.54, 1.807) is 32.2 Å². The van der Waals surface area contributed by atoms with E-state index in [0.29, 0.717) is 5.56 Å². The number of hydrogen-bond donors (Lipinski definition) is 2. The van der Waals surface area contributed by atoms with Crippen molar-refractivity contribution in [2.24, 2.45) is 5.41 Å². The third kappa shape index (κ3) is 4.09. The van der Waals surface area contributed by atoms with Crippen molar-refractivity contribution >= 4 is 33.3 Å². The second-order valence-corrected chi connectivity index (χ2v) is 6.54. The summed E-state index contributed by atoms with van der Waals surface area (Å²) in [6, 6.07) is 11.0. The molecule has 1 aromatic carbocycles. The number of rotatable bonds is 5. The highest BCUT2D eigenvalue weighted by molar-refractivity contribution is 9.10. The maximum Gasteiger partial charge on any atom is 0.314 e. The number of hydrogen-bond acceptors (Lipinski definition) is 5. The molecule has 122 valence electrons. The van der Waals surface area contributed by atoms with Gasteiger partial charge in [-0.1, -0.05) is 12.1 Å². The Bertz CT molecular complexity index is 669. The molecule has 0 aliphatic heterocycles. The third-order valence-corrected chi connectivity index (χ3v) is 4.11. The molecule has 5 nitrogen and oxygen atoms in total. The fraction of sp³-hybridized carbons (Fsp3) is 0.294. The predicted octanol–water partition coefficient (Wildman–Crippen LogP) is 3.82. The van der Waals surface area contributed by atoms with Crippen LogP contribution in [0.2, 0.25) is 0 Å². The summed E-state index contributed by atoms with van der Waals surface area (Å²) in [7, 11) is 1.32. The van der Waals surface area contributed by atoms with Gasteiger partial charge in [0.1, 0.15) is 4.60 Å². The van der Waals surface area contributed by atoms with Gasteiger partial charge in [0.2, 0.25) is 0 Å². The van der Waals surface area contributed by atoms with Crippen molar-refractivity contribution in [1.29, 1.82) is 0 Å². The van der Waals surface area contributed by atoms with E-state index in [-0.39, 0.29) is 0 Å². The van der Waals surface area contributed by atoms with E-state index < -0.39 is 17.5 Å². The van der Waals surface area contributed by atoms with Gasteiger partial charge in [-0.2, -0.15) is 0 Å². The van der Waals surface area contributed by atoms with Crippen molar-refractivity contribution in [3.63, 3.8) is 0 Å². The standard InChI is InChI=1S/C17H19BrN2O3/c1-17(2,16(22)23-3)15(21)11-4-6-12(7-5-11)20-13-8-9-14(18)19-10-13/h4-10,15,20-21H,1-3H3. The molecule has 0 bridgehead atoms. The fourth-order valence-corrected chi connectivity index (χ4v) is 2.39. The van der Waals surface area contributed by atoms with Crippen LogP contribution in [-0.2, 0) is 9.53 Å². The molecule has 0 amide bonds. The quantitative estimate of drug-likeness (QED) is 0.611. The molecule has 0 aliphatic rings. The summed E-state index contributed by atoms with van der Waals surface area (Å²) in [5.41, 5.74) is 1.36. The van der Waals surface area contributed by atoms with Crippen LogP contribution in [0.25, 0.3) is 0 Å². The van der Waals surface area contributed by atoms with Gasteiger partial charge in [0.25, 0.3) is 0 Å². The van der Waals surface area contributed by atoms with Crippen molar-refractivity contribution in [2.45, 2.75) is 20.0 Å². The summed E-state index contributed by atoms with van der Waals surface area (Å²) in [5, 5.41) is 13.6. The Kier molecular flexibility index (Phi) is 5.38. The number of ether oxygens (including phenoxy) is 1. The number of carbonyl (C=O) groups is 1. The van der Waals surface area contributed by atoms with Crippen LogP contribution in [0.5, 0.6) is 0 Å². The minimum Gasteiger partial charge on any atom is -0.469 e. The second kappa shape index (κ2) is 7.10. The minimum atomic E-state index is -1.01. The van der Waals surface area contributed by atoms with Crippen LogP contribution >= 0.6 is 15.9 Å². The molecular weight excluding hydrogens is 360 g/mol. The first-order chi connectivity index (χ1) is 10.8. The van der Waals surface area contributed by atoms with Crippen LogP contribution in [0, 0.1) is 5.41 Å². The lowest BCUT2D eigenvalue weighted by atomic mass is 9.82. The highest BCUT2D eigenvalue weighted by Crippen LogP contribution is 2.35. The van der Waals surface area contributed by atoms with Gasteiger partial charge in [-0.3, -0.25) is 4.79 Å². The second-order valence-electron chi connectivity index (χ2n) is 5.73. The number of halogens is 1. The molecule has 2 aromatic rings. The number of anilines is 2. The lowest BCUT2D eigenvalue weighted by molar-refractivity contribution is -0.157. The van der Waals surface area contributed by atoms with Gasteiger partial charge >= 0.3 is 5.97 Å². The SMILES string of the molecule is COC(=O)C(C)(C)C(O)c1ccc(Nc2ccc(Br)nc2)cc1. The van der Waals surface area contributed by atoms with Crippen molar-refractivity contribution in [3.05, 3.63) is 52.8 Å². The molecule has 1 unspecified atom stereocenters. The third-order valence-electron chi connectivity index (χ3n) is 3.64. The van der Waals surface area contributed by atoms with Gasteiger partial charge in [0.05, 0.1) is 30.5 Å². The van der Waals surface area contributed by atoms with E-state index in [0.717, 1.165) is 16.0 Å². The molecule has 1 aromatic heterocycles. The molecule has 23 heavy (non-hydrogen) atoms. The van der Waals surface area contributed by atoms with Crippen LogP contribution in [-0.4, -0.2) is 23.2 Å². The Hall–Kier alpha value is -1.92. The van der Waals surface area contributed by atoms with Crippen LogP contribution in [0.3, 0.4) is 0 Å². The smallest absolute Gasteiger partial charge is 0.314 e. The Balaban J connectivity index is 2.12. The van der Waals surface area contributed by atoms with Crippen LogP contribution in [0.4, 0.5) is 11.4 Å². The van der Waals surface area contributed by atoms with E-state index in [1.807, 2.05) is 24.3 Å². The molecule has 2 N–H and O–H groups in total. The van der Waals surface area contributed by atoms with Crippen molar-refractivity contribution in [2.75, 3.05) is 12.4 Å². The molecule has 1 heterocycles. The lowest BCUT2D eigenvalue weighted by Gasteiger charge is -2.27. The number of carbonyl (C=O) groups excluding carboxylic acids is 1. The van der Waals surface area contributed by atoms with Gasteiger partial charge in [-0.15, -0.1) is 0 Å². The average molecular weight is 379 g/mol. The lowest BCUT2D eigenvalue weighted by Crippen LogP contribution is -2.32. The van der Waals surface area contributed by atoms with Crippen LogP contribution in [0.1, 0.15) is 25.5 Å². The first-order valence-corrected chi connectivity index (χ1v) is 7.89. The number of aliphatic hydroxyl groups is 1. The maximum atomic E-state index is 11.8. The van der Waals surface area contributed by atoms with E-state index >= 15 is 0 Å². The number of methoxy groups -OCH3 is 1. The van der Waals surface area contributed by atoms with Crippen molar-refractivity contribution in [3.8, 4) is 0 Å². The zero-order valence-electron chi connectivity index (χ0n) is 13.2. The van der Waals surface area contributed by atoms with Gasteiger partial charge in [0.15, 0.2) is 0 Å². The number of aromatic nitrogens is 1. The summed E-state index contributed by atoms with van der Waals surface area (Å²) in [6.45, 7) is 3.31. The Morgan fingerprint density at radius 3 is 2.35 bits per heavy atom. The van der Waals surface area contributed by atoms with E-state index in [4.69, 9.17) is 4.74 Å². The van der Waals surface area contributed by atoms with Gasteiger partial charge in [0, 0.05) is 5.69 Å². The number of nitrogens with zero attached hydrogens (tertiary/aromatic N) is 1. The summed E-state index contributed by atoms with van der Waals surface area (Å²) >= 11 is 3.29. The van der Waals surface area contributed by atoms with Gasteiger partial charge < -0.3 is 15.2 Å². The number of nitrogens with one attached hydrogen (secondary N) is 1. The van der Waals surface area contributed by atoms with Crippen LogP contribution in [0.15, 0.2) is 47.2 Å². The highest BCUT2D eigenvalue weighted by Gasteiger charge is 2.37. The monoisotopic (exact) mass is 378 g/mol. The summed E-state index contributed by atoms with van der Waals surface area (Å²) in [5.74, 6) is -0.451. The van der Waals surface area contributed by atoms with Gasteiger partial charge in [-0.25, -0.2) is 4.98 Å². The Morgan fingerprint density at radius 1 is 1.22 bits per heavy atom. The molecule has 2 rings (SSSR count). The summed E-state index contributed by atoms with van der Waals surface area (Å²) < 4.78 is 5.52. The molecule has 0 saturated carbocycles. The summed E-state index contributed by atoms with van der Waals surface area (Å²) in [4.78, 5) is 15.9. The molecule has 0 saturated heterocycles. The van der Waals surface area contributed by atoms with E-state index in [9.17, 15) is 9.90 Å². The minimum absolute atomic E-state index is 0.451. The first-order valence-electron chi connectivity index (χ1n) is 7.09. The number of benzene rings is 1. The molecule has 0 aliphatic carbocycles. The van der Waals surface area contributed by atoms with Gasteiger partial charge in [-0.05, 0) is 59.6 Å². The van der Waals surface area contributed by atoms with Crippen molar-refractivity contribution < 1.29 is 14.6 Å². The topological polar surface area (TPSA) is 71.5 Å². The first kappa shape index (κ1) is 17.4. The molecular formula is C17H19BrN2O3. The zero-order chi connectivity index (χ0) is 17.0. The highest BCUT2D eigenvalue weighted by atomic mass is 79.9. The molecule has 6 heteroatoms. The molecule has 1 atom stereocenters. The van der Waals surface area contributed by atoms with E-state index in [1.165, 1.54) is 7.11 Å².